The number of carbonyl (C=O) groups excluding carboxylic acids is 1. The Balaban J connectivity index is 1.84. The molecule has 1 amide bonds. The molecule has 25 heavy (non-hydrogen) atoms. The number of hydrogen-bond donors (Lipinski definition) is 2. The van der Waals surface area contributed by atoms with Crippen molar-refractivity contribution in [2.45, 2.75) is 33.1 Å². The number of carbonyl (C=O) groups is 1. The van der Waals surface area contributed by atoms with Crippen LogP contribution >= 0.6 is 0 Å². The summed E-state index contributed by atoms with van der Waals surface area (Å²) in [4.78, 5) is 11.8. The van der Waals surface area contributed by atoms with E-state index in [1.807, 2.05) is 24.3 Å². The van der Waals surface area contributed by atoms with Crippen molar-refractivity contribution in [2.24, 2.45) is 5.10 Å². The van der Waals surface area contributed by atoms with Crippen molar-refractivity contribution >= 4 is 11.6 Å². The summed E-state index contributed by atoms with van der Waals surface area (Å²) < 4.78 is 5.48. The van der Waals surface area contributed by atoms with Crippen LogP contribution in [0.25, 0.3) is 0 Å². The summed E-state index contributed by atoms with van der Waals surface area (Å²) in [6.07, 6.45) is 1.08. The van der Waals surface area contributed by atoms with Gasteiger partial charge in [-0.3, -0.25) is 4.79 Å². The van der Waals surface area contributed by atoms with Crippen molar-refractivity contribution in [1.82, 2.24) is 5.43 Å². The predicted molar refractivity (Wildman–Crippen MR) is 99.1 cm³/mol. The molecule has 2 N–H and O–H groups in total. The molecule has 0 aliphatic carbocycles. The summed E-state index contributed by atoms with van der Waals surface area (Å²) in [6.45, 7) is 6.01. The summed E-state index contributed by atoms with van der Waals surface area (Å²) in [5, 5.41) is 13.3. The topological polar surface area (TPSA) is 70.9 Å². The van der Waals surface area contributed by atoms with Gasteiger partial charge in [0, 0.05) is 0 Å². The van der Waals surface area contributed by atoms with Crippen molar-refractivity contribution < 1.29 is 14.6 Å². The monoisotopic (exact) mass is 340 g/mol. The second-order valence-electron chi connectivity index (χ2n) is 5.95. The second kappa shape index (κ2) is 8.87. The van der Waals surface area contributed by atoms with Gasteiger partial charge in [0.25, 0.3) is 5.91 Å². The normalized spacial score (nSPS) is 12.5. The van der Waals surface area contributed by atoms with Crippen molar-refractivity contribution in [3.63, 3.8) is 0 Å². The van der Waals surface area contributed by atoms with E-state index in [-0.39, 0.29) is 18.3 Å². The number of ether oxygens (including phenoxy) is 1. The van der Waals surface area contributed by atoms with E-state index in [2.05, 4.69) is 24.4 Å². The molecule has 1 unspecified atom stereocenters. The Morgan fingerprint density at radius 3 is 2.40 bits per heavy atom. The van der Waals surface area contributed by atoms with Gasteiger partial charge in [-0.1, -0.05) is 26.0 Å². The number of hydrogen-bond acceptors (Lipinski definition) is 4. The van der Waals surface area contributed by atoms with Crippen LogP contribution in [0.2, 0.25) is 0 Å². The van der Waals surface area contributed by atoms with Crippen molar-refractivity contribution in [1.29, 1.82) is 0 Å². The van der Waals surface area contributed by atoms with E-state index < -0.39 is 0 Å². The fourth-order valence-corrected chi connectivity index (χ4v) is 2.22. The smallest absolute Gasteiger partial charge is 0.277 e. The number of rotatable bonds is 7. The molecule has 2 aromatic carbocycles. The van der Waals surface area contributed by atoms with E-state index in [0.29, 0.717) is 17.4 Å². The maximum absolute atomic E-state index is 11.8. The lowest BCUT2D eigenvalue weighted by molar-refractivity contribution is -0.123. The fraction of sp³-hybridized carbons (Fsp3) is 0.300. The Morgan fingerprint density at radius 2 is 1.80 bits per heavy atom. The molecule has 0 heterocycles. The number of benzene rings is 2. The van der Waals surface area contributed by atoms with Crippen molar-refractivity contribution in [3.8, 4) is 11.5 Å². The molecular weight excluding hydrogens is 316 g/mol. The number of nitrogens with one attached hydrogen (secondary N) is 1. The van der Waals surface area contributed by atoms with Gasteiger partial charge in [0.2, 0.25) is 0 Å². The molecule has 0 aromatic heterocycles. The van der Waals surface area contributed by atoms with Gasteiger partial charge < -0.3 is 9.84 Å². The Bertz CT molecular complexity index is 722. The number of nitrogens with zero attached hydrogens (tertiary/aromatic N) is 1. The number of amides is 1. The molecule has 0 radical (unpaired) electrons. The van der Waals surface area contributed by atoms with Gasteiger partial charge in [0.1, 0.15) is 11.5 Å². The van der Waals surface area contributed by atoms with Crippen LogP contribution in [0.15, 0.2) is 53.6 Å². The average molecular weight is 340 g/mol. The first-order valence-corrected chi connectivity index (χ1v) is 8.35. The van der Waals surface area contributed by atoms with Crippen LogP contribution in [0, 0.1) is 0 Å². The van der Waals surface area contributed by atoms with Crippen molar-refractivity contribution in [3.05, 3.63) is 59.7 Å². The Labute approximate surface area is 148 Å². The lowest BCUT2D eigenvalue weighted by Crippen LogP contribution is -2.25. The molecule has 5 nitrogen and oxygen atoms in total. The molecule has 0 saturated heterocycles. The molecule has 0 fully saturated rings. The molecule has 0 spiro atoms. The average Bonchev–Trinajstić information content (AvgIpc) is 2.64. The molecule has 1 atom stereocenters. The van der Waals surface area contributed by atoms with Crippen molar-refractivity contribution in [2.75, 3.05) is 6.61 Å². The Kier molecular flexibility index (Phi) is 6.57. The molecule has 5 heteroatoms. The number of hydrazone groups is 1. The molecular formula is C20H24N2O3. The highest BCUT2D eigenvalue weighted by Gasteiger charge is 2.05. The zero-order valence-electron chi connectivity index (χ0n) is 14.8. The van der Waals surface area contributed by atoms with Crippen LogP contribution < -0.4 is 10.2 Å². The quantitative estimate of drug-likeness (QED) is 0.594. The Morgan fingerprint density at radius 1 is 1.16 bits per heavy atom. The van der Waals surface area contributed by atoms with Crippen LogP contribution in [-0.4, -0.2) is 23.3 Å². The van der Waals surface area contributed by atoms with E-state index in [9.17, 15) is 9.90 Å². The SMILES string of the molecule is CCC(C)c1ccc(OCC(=O)NN=C(C)c2ccc(O)cc2)cc1. The van der Waals surface area contributed by atoms with E-state index in [4.69, 9.17) is 4.74 Å². The number of phenols is 1. The van der Waals surface area contributed by atoms with Crippen LogP contribution in [0.3, 0.4) is 0 Å². The summed E-state index contributed by atoms with van der Waals surface area (Å²) in [5.41, 5.74) is 5.19. The minimum absolute atomic E-state index is 0.102. The maximum atomic E-state index is 11.8. The van der Waals surface area contributed by atoms with E-state index >= 15 is 0 Å². The van der Waals surface area contributed by atoms with Gasteiger partial charge in [-0.25, -0.2) is 5.43 Å². The molecule has 0 bridgehead atoms. The minimum atomic E-state index is -0.330. The third-order valence-electron chi connectivity index (χ3n) is 4.06. The largest absolute Gasteiger partial charge is 0.508 e. The second-order valence-corrected chi connectivity index (χ2v) is 5.95. The lowest BCUT2D eigenvalue weighted by Gasteiger charge is -2.10. The molecule has 2 aromatic rings. The van der Waals surface area contributed by atoms with E-state index in [0.717, 1.165) is 12.0 Å². The fourth-order valence-electron chi connectivity index (χ4n) is 2.22. The highest BCUT2D eigenvalue weighted by molar-refractivity contribution is 5.99. The Hall–Kier alpha value is -2.82. The van der Waals surface area contributed by atoms with E-state index in [1.54, 1.807) is 31.2 Å². The summed E-state index contributed by atoms with van der Waals surface area (Å²) in [7, 11) is 0. The third-order valence-corrected chi connectivity index (χ3v) is 4.06. The molecule has 132 valence electrons. The van der Waals surface area contributed by atoms with Gasteiger partial charge in [0.05, 0.1) is 5.71 Å². The first-order valence-electron chi connectivity index (χ1n) is 8.35. The van der Waals surface area contributed by atoms with Gasteiger partial charge >= 0.3 is 0 Å². The van der Waals surface area contributed by atoms with Crippen LogP contribution in [0.4, 0.5) is 0 Å². The molecule has 0 aliphatic rings. The van der Waals surface area contributed by atoms with Gasteiger partial charge in [-0.2, -0.15) is 5.10 Å². The first kappa shape index (κ1) is 18.5. The number of aromatic hydroxyl groups is 1. The maximum Gasteiger partial charge on any atom is 0.277 e. The van der Waals surface area contributed by atoms with Crippen LogP contribution in [0.5, 0.6) is 11.5 Å². The number of phenolic OH excluding ortho intramolecular Hbond substituents is 1. The highest BCUT2D eigenvalue weighted by atomic mass is 16.5. The molecule has 0 aliphatic heterocycles. The zero-order valence-corrected chi connectivity index (χ0v) is 14.8. The highest BCUT2D eigenvalue weighted by Crippen LogP contribution is 2.21. The molecule has 0 saturated carbocycles. The third kappa shape index (κ3) is 5.64. The standard InChI is InChI=1S/C20H24N2O3/c1-4-14(2)16-7-11-19(12-8-16)25-13-20(24)22-21-15(3)17-5-9-18(23)10-6-17/h5-12,14,23H,4,13H2,1-3H3,(H,22,24). The first-order chi connectivity index (χ1) is 12.0. The van der Waals surface area contributed by atoms with Crippen LogP contribution in [-0.2, 0) is 4.79 Å². The lowest BCUT2D eigenvalue weighted by atomic mass is 9.99. The summed E-state index contributed by atoms with van der Waals surface area (Å²) in [6, 6.07) is 14.4. The van der Waals surface area contributed by atoms with Crippen LogP contribution in [0.1, 0.15) is 44.2 Å². The zero-order chi connectivity index (χ0) is 18.2. The summed E-state index contributed by atoms with van der Waals surface area (Å²) in [5.74, 6) is 1.02. The predicted octanol–water partition coefficient (Wildman–Crippen LogP) is 3.82. The van der Waals surface area contributed by atoms with Gasteiger partial charge in [-0.15, -0.1) is 0 Å². The molecule has 2 rings (SSSR count). The van der Waals surface area contributed by atoms with Gasteiger partial charge in [-0.05, 0) is 66.8 Å². The van der Waals surface area contributed by atoms with Gasteiger partial charge in [0.15, 0.2) is 6.61 Å². The van der Waals surface area contributed by atoms with E-state index in [1.165, 1.54) is 5.56 Å². The minimum Gasteiger partial charge on any atom is -0.508 e. The summed E-state index contributed by atoms with van der Waals surface area (Å²) >= 11 is 0.